The predicted octanol–water partition coefficient (Wildman–Crippen LogP) is 1.24. The number of aliphatic carboxylic acids is 1. The molecule has 10 heteroatoms. The van der Waals surface area contributed by atoms with Crippen LogP contribution in [0.5, 0.6) is 0 Å². The highest BCUT2D eigenvalue weighted by atomic mass is 16.4. The third kappa shape index (κ3) is 4.42. The van der Waals surface area contributed by atoms with Gasteiger partial charge in [-0.25, -0.2) is 9.97 Å². The fourth-order valence-corrected chi connectivity index (χ4v) is 2.40. The lowest BCUT2D eigenvalue weighted by Crippen LogP contribution is -2.07. The molecular weight excluding hydrogens is 350 g/mol. The van der Waals surface area contributed by atoms with Gasteiger partial charge in [0, 0.05) is 17.7 Å². The molecule has 0 fully saturated rings. The highest BCUT2D eigenvalue weighted by Gasteiger charge is 2.09. The van der Waals surface area contributed by atoms with Gasteiger partial charge < -0.3 is 21.9 Å². The Hall–Kier alpha value is -3.82. The van der Waals surface area contributed by atoms with Crippen LogP contribution in [0.15, 0.2) is 30.5 Å². The summed E-state index contributed by atoms with van der Waals surface area (Å²) in [5.41, 5.74) is 13.9. The topological polar surface area (TPSA) is 170 Å². The first-order valence-electron chi connectivity index (χ1n) is 8.06. The molecule has 0 unspecified atom stereocenters. The van der Waals surface area contributed by atoms with E-state index in [1.807, 2.05) is 0 Å². The zero-order valence-corrected chi connectivity index (χ0v) is 14.2. The van der Waals surface area contributed by atoms with Crippen molar-refractivity contribution >= 4 is 40.4 Å². The second kappa shape index (κ2) is 7.60. The maximum Gasteiger partial charge on any atom is 0.303 e. The van der Waals surface area contributed by atoms with Crippen molar-refractivity contribution in [3.63, 3.8) is 0 Å². The fourth-order valence-electron chi connectivity index (χ4n) is 2.40. The largest absolute Gasteiger partial charge is 0.481 e. The Bertz CT molecular complexity index is 1010. The van der Waals surface area contributed by atoms with E-state index in [1.54, 1.807) is 30.5 Å². The number of nitrogens with zero attached hydrogens (tertiary/aromatic N) is 4. The molecule has 0 saturated heterocycles. The van der Waals surface area contributed by atoms with E-state index < -0.39 is 5.97 Å². The van der Waals surface area contributed by atoms with Crippen LogP contribution in [0.4, 0.5) is 17.5 Å². The van der Waals surface area contributed by atoms with E-state index in [2.05, 4.69) is 25.3 Å². The smallest absolute Gasteiger partial charge is 0.303 e. The van der Waals surface area contributed by atoms with Gasteiger partial charge >= 0.3 is 5.97 Å². The van der Waals surface area contributed by atoms with Crippen LogP contribution in [0, 0.1) is 0 Å². The molecule has 3 aromatic rings. The van der Waals surface area contributed by atoms with E-state index in [1.165, 1.54) is 0 Å². The minimum absolute atomic E-state index is 0.0250. The Morgan fingerprint density at radius 2 is 1.78 bits per heavy atom. The molecule has 0 amide bonds. The summed E-state index contributed by atoms with van der Waals surface area (Å²) < 4.78 is 0. The minimum Gasteiger partial charge on any atom is -0.481 e. The number of carboxylic acid groups (broad SMARTS) is 1. The van der Waals surface area contributed by atoms with Crippen LogP contribution in [0.2, 0.25) is 0 Å². The number of hydrogen-bond donors (Lipinski definition) is 4. The first kappa shape index (κ1) is 18.0. The summed E-state index contributed by atoms with van der Waals surface area (Å²) >= 11 is 0. The molecule has 10 nitrogen and oxygen atoms in total. The summed E-state index contributed by atoms with van der Waals surface area (Å²) in [5, 5.41) is 11.8. The van der Waals surface area contributed by atoms with Crippen molar-refractivity contribution in [1.82, 2.24) is 19.9 Å². The van der Waals surface area contributed by atoms with Crippen molar-refractivity contribution in [3.8, 4) is 0 Å². The summed E-state index contributed by atoms with van der Waals surface area (Å²) in [5.74, 6) is -1.000. The minimum atomic E-state index is -0.994. The molecule has 0 radical (unpaired) electrons. The van der Waals surface area contributed by atoms with E-state index >= 15 is 0 Å². The van der Waals surface area contributed by atoms with Gasteiger partial charge in [0.1, 0.15) is 0 Å². The summed E-state index contributed by atoms with van der Waals surface area (Å²) in [4.78, 5) is 38.8. The van der Waals surface area contributed by atoms with Gasteiger partial charge in [0.2, 0.25) is 5.95 Å². The Morgan fingerprint density at radius 3 is 2.48 bits per heavy atom. The molecule has 0 bridgehead atoms. The van der Waals surface area contributed by atoms with Gasteiger partial charge in [0.25, 0.3) is 0 Å². The van der Waals surface area contributed by atoms with E-state index in [-0.39, 0.29) is 30.4 Å². The maximum atomic E-state index is 11.9. The van der Waals surface area contributed by atoms with Crippen LogP contribution in [0.3, 0.4) is 0 Å². The lowest BCUT2D eigenvalue weighted by Gasteiger charge is -2.08. The first-order valence-corrected chi connectivity index (χ1v) is 8.06. The summed E-state index contributed by atoms with van der Waals surface area (Å²) in [6.07, 6.45) is 1.35. The van der Waals surface area contributed by atoms with Gasteiger partial charge in [0.05, 0.1) is 24.9 Å². The van der Waals surface area contributed by atoms with Crippen LogP contribution in [0.25, 0.3) is 11.2 Å². The zero-order valence-electron chi connectivity index (χ0n) is 14.2. The number of nitrogens with one attached hydrogen (secondary N) is 1. The predicted molar refractivity (Wildman–Crippen MR) is 98.9 cm³/mol. The van der Waals surface area contributed by atoms with Crippen molar-refractivity contribution in [1.29, 1.82) is 0 Å². The molecule has 1 aromatic carbocycles. The molecule has 3 rings (SSSR count). The molecule has 6 N–H and O–H groups in total. The lowest BCUT2D eigenvalue weighted by atomic mass is 10.1. The highest BCUT2D eigenvalue weighted by molar-refractivity contribution is 5.97. The van der Waals surface area contributed by atoms with Gasteiger partial charge in [-0.05, 0) is 24.3 Å². The third-order valence-electron chi connectivity index (χ3n) is 3.75. The number of rotatable bonds is 7. The van der Waals surface area contributed by atoms with Gasteiger partial charge in [0.15, 0.2) is 22.8 Å². The summed E-state index contributed by atoms with van der Waals surface area (Å²) in [6.45, 7) is 0.374. The first-order chi connectivity index (χ1) is 12.9. The quantitative estimate of drug-likeness (QED) is 0.445. The van der Waals surface area contributed by atoms with Crippen molar-refractivity contribution in [2.45, 2.75) is 19.4 Å². The molecule has 0 aliphatic heterocycles. The second-order valence-electron chi connectivity index (χ2n) is 5.75. The fraction of sp³-hybridized carbons (Fsp3) is 0.176. The monoisotopic (exact) mass is 367 g/mol. The molecule has 0 saturated carbocycles. The summed E-state index contributed by atoms with van der Waals surface area (Å²) in [7, 11) is 0. The second-order valence-corrected chi connectivity index (χ2v) is 5.75. The van der Waals surface area contributed by atoms with Crippen molar-refractivity contribution in [2.75, 3.05) is 16.8 Å². The van der Waals surface area contributed by atoms with Gasteiger partial charge in [-0.2, -0.15) is 9.97 Å². The SMILES string of the molecule is Nc1nc(N)c2nc(CNc3ccc(C(=O)CCC(=O)O)cc3)cnc2n1. The van der Waals surface area contributed by atoms with E-state index in [0.717, 1.165) is 5.69 Å². The molecule has 0 spiro atoms. The Labute approximate surface area is 153 Å². The number of benzene rings is 1. The highest BCUT2D eigenvalue weighted by Crippen LogP contribution is 2.16. The molecule has 0 aliphatic carbocycles. The number of ketones is 1. The van der Waals surface area contributed by atoms with Crippen LogP contribution in [-0.4, -0.2) is 36.8 Å². The standard InChI is InChI=1S/C17H17N7O3/c18-15-14-16(24-17(19)23-15)21-8-11(22-14)7-20-10-3-1-9(2-4-10)12(25)5-6-13(26)27/h1-4,8,20H,5-7H2,(H,26,27)(H4,18,19,21,23,24). The Balaban J connectivity index is 1.65. The van der Waals surface area contributed by atoms with Crippen LogP contribution in [0.1, 0.15) is 28.9 Å². The number of anilines is 3. The Morgan fingerprint density at radius 1 is 1.04 bits per heavy atom. The number of aromatic nitrogens is 4. The number of nitrogens with two attached hydrogens (primary N) is 2. The van der Waals surface area contributed by atoms with Crippen LogP contribution >= 0.6 is 0 Å². The summed E-state index contributed by atoms with van der Waals surface area (Å²) in [6, 6.07) is 6.77. The molecule has 2 aromatic heterocycles. The third-order valence-corrected chi connectivity index (χ3v) is 3.75. The van der Waals surface area contributed by atoms with Gasteiger partial charge in [-0.1, -0.05) is 0 Å². The maximum absolute atomic E-state index is 11.9. The van der Waals surface area contributed by atoms with Gasteiger partial charge in [-0.3, -0.25) is 9.59 Å². The van der Waals surface area contributed by atoms with Crippen molar-refractivity contribution < 1.29 is 14.7 Å². The number of Topliss-reactive ketones (excluding diaryl/α,β-unsaturated/α-hetero) is 1. The number of carbonyl (C=O) groups excluding carboxylic acids is 1. The number of carbonyl (C=O) groups is 2. The number of nitrogen functional groups attached to an aromatic ring is 2. The lowest BCUT2D eigenvalue weighted by molar-refractivity contribution is -0.136. The van der Waals surface area contributed by atoms with Crippen molar-refractivity contribution in [3.05, 3.63) is 41.7 Å². The number of hydrogen-bond acceptors (Lipinski definition) is 9. The van der Waals surface area contributed by atoms with Crippen molar-refractivity contribution in [2.24, 2.45) is 0 Å². The molecule has 27 heavy (non-hydrogen) atoms. The normalized spacial score (nSPS) is 10.7. The molecular formula is C17H17N7O3. The Kier molecular flexibility index (Phi) is 5.06. The molecule has 0 atom stereocenters. The van der Waals surface area contributed by atoms with Crippen LogP contribution < -0.4 is 16.8 Å². The molecule has 2 heterocycles. The number of carboxylic acids is 1. The average Bonchev–Trinajstić information content (AvgIpc) is 2.65. The average molecular weight is 367 g/mol. The zero-order chi connectivity index (χ0) is 19.4. The molecule has 0 aliphatic rings. The van der Waals surface area contributed by atoms with E-state index in [4.69, 9.17) is 16.6 Å². The van der Waals surface area contributed by atoms with Crippen LogP contribution in [-0.2, 0) is 11.3 Å². The van der Waals surface area contributed by atoms with E-state index in [9.17, 15) is 9.59 Å². The van der Waals surface area contributed by atoms with E-state index in [0.29, 0.717) is 29.0 Å². The molecule has 138 valence electrons. The number of fused-ring (bicyclic) bond motifs is 1. The van der Waals surface area contributed by atoms with Gasteiger partial charge in [-0.15, -0.1) is 0 Å².